The normalized spacial score (nSPS) is 24.7. The van der Waals surface area contributed by atoms with Crippen molar-refractivity contribution in [3.05, 3.63) is 60.2 Å². The Hall–Kier alpha value is -1.98. The lowest BCUT2D eigenvalue weighted by atomic mass is 10.1. The zero-order valence-electron chi connectivity index (χ0n) is 13.6. The van der Waals surface area contributed by atoms with Crippen LogP contribution >= 0.6 is 0 Å². The van der Waals surface area contributed by atoms with Gasteiger partial charge in [0, 0.05) is 57.4 Å². The molecule has 2 aliphatic rings. The van der Waals surface area contributed by atoms with Crippen molar-refractivity contribution in [3.63, 3.8) is 0 Å². The van der Waals surface area contributed by atoms with Crippen LogP contribution in [-0.4, -0.2) is 53.1 Å². The molecule has 0 bridgehead atoms. The largest absolute Gasteiger partial charge is 0.489 e. The van der Waals surface area contributed by atoms with Gasteiger partial charge in [0.05, 0.1) is 5.69 Å². The van der Waals surface area contributed by atoms with Crippen molar-refractivity contribution in [2.75, 3.05) is 26.2 Å². The third-order valence-electron chi connectivity index (χ3n) is 4.87. The number of fused-ring (bicyclic) bond motifs is 1. The Labute approximate surface area is 141 Å². The molecule has 0 unspecified atom stereocenters. The molecule has 5 heteroatoms. The van der Waals surface area contributed by atoms with Gasteiger partial charge in [-0.25, -0.2) is 4.39 Å². The number of hydrogen-bond donors (Lipinski definition) is 0. The van der Waals surface area contributed by atoms with Crippen molar-refractivity contribution < 1.29 is 9.13 Å². The molecular formula is C19H22FN3O. The fourth-order valence-electron chi connectivity index (χ4n) is 3.74. The molecule has 0 amide bonds. The topological polar surface area (TPSA) is 28.6 Å². The first-order valence-corrected chi connectivity index (χ1v) is 8.55. The van der Waals surface area contributed by atoms with E-state index in [0.29, 0.717) is 11.8 Å². The van der Waals surface area contributed by atoms with Crippen LogP contribution in [0.4, 0.5) is 4.39 Å². The molecule has 1 aromatic carbocycles. The SMILES string of the molecule is Fc1cccc(O[C@@H]2C[C@H]3CN(Cc4ccccn4)CCN3C2)c1. The van der Waals surface area contributed by atoms with E-state index in [4.69, 9.17) is 4.74 Å². The van der Waals surface area contributed by atoms with Gasteiger partial charge in [-0.2, -0.15) is 0 Å². The van der Waals surface area contributed by atoms with Gasteiger partial charge >= 0.3 is 0 Å². The fraction of sp³-hybridized carbons (Fsp3) is 0.421. The van der Waals surface area contributed by atoms with E-state index in [1.807, 2.05) is 24.4 Å². The highest BCUT2D eigenvalue weighted by Crippen LogP contribution is 2.26. The Bertz CT molecular complexity index is 681. The highest BCUT2D eigenvalue weighted by Gasteiger charge is 2.37. The predicted molar refractivity (Wildman–Crippen MR) is 90.3 cm³/mol. The molecule has 2 atom stereocenters. The quantitative estimate of drug-likeness (QED) is 0.863. The molecule has 0 spiro atoms. The number of hydrogen-bond acceptors (Lipinski definition) is 4. The van der Waals surface area contributed by atoms with E-state index in [1.54, 1.807) is 6.07 Å². The average molecular weight is 327 g/mol. The van der Waals surface area contributed by atoms with Crippen LogP contribution in [0.3, 0.4) is 0 Å². The molecule has 3 heterocycles. The second kappa shape index (κ2) is 6.87. The van der Waals surface area contributed by atoms with Crippen LogP contribution in [0.15, 0.2) is 48.7 Å². The van der Waals surface area contributed by atoms with Gasteiger partial charge in [0.25, 0.3) is 0 Å². The van der Waals surface area contributed by atoms with Gasteiger partial charge in [-0.15, -0.1) is 0 Å². The Morgan fingerprint density at radius 2 is 2.08 bits per heavy atom. The zero-order valence-corrected chi connectivity index (χ0v) is 13.6. The second-order valence-electron chi connectivity index (χ2n) is 6.64. The lowest BCUT2D eigenvalue weighted by molar-refractivity contribution is 0.0969. The minimum Gasteiger partial charge on any atom is -0.489 e. The van der Waals surface area contributed by atoms with E-state index >= 15 is 0 Å². The van der Waals surface area contributed by atoms with E-state index in [0.717, 1.165) is 44.8 Å². The molecule has 0 aliphatic carbocycles. The first-order chi connectivity index (χ1) is 11.8. The molecule has 2 fully saturated rings. The lowest BCUT2D eigenvalue weighted by Gasteiger charge is -2.36. The molecule has 2 saturated heterocycles. The molecule has 126 valence electrons. The lowest BCUT2D eigenvalue weighted by Crippen LogP contribution is -2.49. The summed E-state index contributed by atoms with van der Waals surface area (Å²) in [5.74, 6) is 0.384. The monoisotopic (exact) mass is 327 g/mol. The van der Waals surface area contributed by atoms with Gasteiger partial charge in [0.1, 0.15) is 17.7 Å². The van der Waals surface area contributed by atoms with Gasteiger partial charge in [0.15, 0.2) is 0 Å². The third-order valence-corrected chi connectivity index (χ3v) is 4.87. The summed E-state index contributed by atoms with van der Waals surface area (Å²) in [6.45, 7) is 4.99. The number of halogens is 1. The van der Waals surface area contributed by atoms with Crippen LogP contribution in [0.1, 0.15) is 12.1 Å². The number of benzene rings is 1. The van der Waals surface area contributed by atoms with Gasteiger partial charge in [-0.05, 0) is 24.3 Å². The molecule has 2 aromatic rings. The maximum Gasteiger partial charge on any atom is 0.126 e. The second-order valence-corrected chi connectivity index (χ2v) is 6.64. The molecular weight excluding hydrogens is 305 g/mol. The zero-order chi connectivity index (χ0) is 16.4. The smallest absolute Gasteiger partial charge is 0.126 e. The first kappa shape index (κ1) is 15.5. The summed E-state index contributed by atoms with van der Waals surface area (Å²) < 4.78 is 19.3. The maximum atomic E-state index is 13.3. The number of nitrogens with zero attached hydrogens (tertiary/aromatic N) is 3. The molecule has 4 rings (SSSR count). The summed E-state index contributed by atoms with van der Waals surface area (Å²) in [5, 5.41) is 0. The van der Waals surface area contributed by atoms with Gasteiger partial charge in [-0.3, -0.25) is 14.8 Å². The number of ether oxygens (including phenoxy) is 1. The van der Waals surface area contributed by atoms with E-state index < -0.39 is 0 Å². The molecule has 2 aliphatic heterocycles. The summed E-state index contributed by atoms with van der Waals surface area (Å²) in [4.78, 5) is 9.39. The Kier molecular flexibility index (Phi) is 4.45. The molecule has 4 nitrogen and oxygen atoms in total. The maximum absolute atomic E-state index is 13.3. The van der Waals surface area contributed by atoms with Crippen LogP contribution in [0.5, 0.6) is 5.75 Å². The highest BCUT2D eigenvalue weighted by molar-refractivity contribution is 5.23. The highest BCUT2D eigenvalue weighted by atomic mass is 19.1. The molecule has 1 aromatic heterocycles. The Morgan fingerprint density at radius 1 is 1.12 bits per heavy atom. The van der Waals surface area contributed by atoms with Crippen LogP contribution in [0.25, 0.3) is 0 Å². The van der Waals surface area contributed by atoms with Crippen molar-refractivity contribution in [2.45, 2.75) is 25.1 Å². The standard InChI is InChI=1S/C19H22FN3O/c20-15-4-3-6-18(10-15)24-19-11-17-13-22(8-9-23(17)14-19)12-16-5-1-2-7-21-16/h1-7,10,17,19H,8-9,11-14H2/t17-,19+/m0/s1. The number of piperazine rings is 1. The van der Waals surface area contributed by atoms with Crippen LogP contribution in [0, 0.1) is 5.82 Å². The van der Waals surface area contributed by atoms with Crippen molar-refractivity contribution in [1.82, 2.24) is 14.8 Å². The van der Waals surface area contributed by atoms with Crippen molar-refractivity contribution in [3.8, 4) is 5.75 Å². The third kappa shape index (κ3) is 3.57. The number of pyridine rings is 1. The summed E-state index contributed by atoms with van der Waals surface area (Å²) >= 11 is 0. The average Bonchev–Trinajstić information content (AvgIpc) is 2.97. The molecule has 24 heavy (non-hydrogen) atoms. The molecule has 0 saturated carbocycles. The molecule has 0 N–H and O–H groups in total. The van der Waals surface area contributed by atoms with Crippen LogP contribution in [-0.2, 0) is 6.54 Å². The van der Waals surface area contributed by atoms with Crippen molar-refractivity contribution in [2.24, 2.45) is 0 Å². The summed E-state index contributed by atoms with van der Waals surface area (Å²) in [5.41, 5.74) is 1.12. The Morgan fingerprint density at radius 3 is 2.92 bits per heavy atom. The molecule has 0 radical (unpaired) electrons. The number of aromatic nitrogens is 1. The van der Waals surface area contributed by atoms with Crippen LogP contribution in [0.2, 0.25) is 0 Å². The minimum atomic E-state index is -0.246. The fourth-order valence-corrected chi connectivity index (χ4v) is 3.74. The van der Waals surface area contributed by atoms with E-state index in [-0.39, 0.29) is 11.9 Å². The van der Waals surface area contributed by atoms with Crippen LogP contribution < -0.4 is 4.74 Å². The van der Waals surface area contributed by atoms with E-state index in [1.165, 1.54) is 12.1 Å². The first-order valence-electron chi connectivity index (χ1n) is 8.55. The van der Waals surface area contributed by atoms with Crippen molar-refractivity contribution in [1.29, 1.82) is 0 Å². The summed E-state index contributed by atoms with van der Waals surface area (Å²) in [6.07, 6.45) is 2.99. The summed E-state index contributed by atoms with van der Waals surface area (Å²) in [6, 6.07) is 13.0. The van der Waals surface area contributed by atoms with Gasteiger partial charge < -0.3 is 4.74 Å². The van der Waals surface area contributed by atoms with Gasteiger partial charge in [0.2, 0.25) is 0 Å². The van der Waals surface area contributed by atoms with Crippen molar-refractivity contribution >= 4 is 0 Å². The number of rotatable bonds is 4. The predicted octanol–water partition coefficient (Wildman–Crippen LogP) is 2.56. The van der Waals surface area contributed by atoms with E-state index in [2.05, 4.69) is 20.9 Å². The minimum absolute atomic E-state index is 0.145. The summed E-state index contributed by atoms with van der Waals surface area (Å²) in [7, 11) is 0. The van der Waals surface area contributed by atoms with E-state index in [9.17, 15) is 4.39 Å². The van der Waals surface area contributed by atoms with Gasteiger partial charge in [-0.1, -0.05) is 12.1 Å². The Balaban J connectivity index is 1.34.